The van der Waals surface area contributed by atoms with E-state index in [1.165, 1.54) is 5.56 Å². The Morgan fingerprint density at radius 1 is 1.07 bits per heavy atom. The molecule has 0 aliphatic carbocycles. The van der Waals surface area contributed by atoms with Crippen molar-refractivity contribution < 1.29 is 19.0 Å². The van der Waals surface area contributed by atoms with E-state index in [0.717, 1.165) is 57.9 Å². The van der Waals surface area contributed by atoms with Gasteiger partial charge in [0.05, 0.1) is 19.3 Å². The summed E-state index contributed by atoms with van der Waals surface area (Å²) in [6.45, 7) is 6.36. The molecule has 6 heteroatoms. The van der Waals surface area contributed by atoms with Crippen LogP contribution in [0.1, 0.15) is 34.3 Å². The fraction of sp³-hybridized carbons (Fsp3) is 0.458. The number of rotatable bonds is 8. The highest BCUT2D eigenvalue weighted by Gasteiger charge is 2.16. The first-order valence-corrected chi connectivity index (χ1v) is 10.8. The van der Waals surface area contributed by atoms with Gasteiger partial charge in [-0.25, -0.2) is 0 Å². The molecule has 0 saturated carbocycles. The molecule has 1 atom stereocenters. The van der Waals surface area contributed by atoms with E-state index in [2.05, 4.69) is 34.5 Å². The predicted molar refractivity (Wildman–Crippen MR) is 115 cm³/mol. The van der Waals surface area contributed by atoms with Gasteiger partial charge in [-0.3, -0.25) is 9.69 Å². The highest BCUT2D eigenvalue weighted by molar-refractivity contribution is 5.94. The molecule has 0 radical (unpaired) electrons. The number of morpholine rings is 1. The zero-order valence-corrected chi connectivity index (χ0v) is 17.3. The molecule has 1 N–H and O–H groups in total. The molecule has 0 aromatic heterocycles. The normalized spacial score (nSPS) is 19.5. The van der Waals surface area contributed by atoms with Crippen LogP contribution in [-0.4, -0.2) is 56.4 Å². The third kappa shape index (κ3) is 6.05. The smallest absolute Gasteiger partial charge is 0.251 e. The molecule has 2 saturated heterocycles. The predicted octanol–water partition coefficient (Wildman–Crippen LogP) is 3.01. The molecule has 1 amide bonds. The van der Waals surface area contributed by atoms with Crippen molar-refractivity contribution in [3.8, 4) is 5.75 Å². The molecule has 0 spiro atoms. The van der Waals surface area contributed by atoms with E-state index < -0.39 is 0 Å². The Hall–Kier alpha value is -2.41. The maximum atomic E-state index is 12.6. The first kappa shape index (κ1) is 20.8. The van der Waals surface area contributed by atoms with E-state index >= 15 is 0 Å². The van der Waals surface area contributed by atoms with Gasteiger partial charge in [-0.05, 0) is 42.2 Å². The Bertz CT molecular complexity index is 812. The van der Waals surface area contributed by atoms with Crippen molar-refractivity contribution in [3.63, 3.8) is 0 Å². The third-order valence-electron chi connectivity index (χ3n) is 5.54. The summed E-state index contributed by atoms with van der Waals surface area (Å²) in [5, 5.41) is 2.99. The number of nitrogens with zero attached hydrogens (tertiary/aromatic N) is 1. The van der Waals surface area contributed by atoms with Gasteiger partial charge < -0.3 is 19.5 Å². The van der Waals surface area contributed by atoms with Crippen LogP contribution >= 0.6 is 0 Å². The van der Waals surface area contributed by atoms with E-state index in [4.69, 9.17) is 14.2 Å². The highest BCUT2D eigenvalue weighted by atomic mass is 16.5. The molecule has 1 unspecified atom stereocenters. The van der Waals surface area contributed by atoms with Gasteiger partial charge in [0.25, 0.3) is 5.91 Å². The van der Waals surface area contributed by atoms with Crippen LogP contribution in [0.3, 0.4) is 0 Å². The number of nitrogens with one attached hydrogen (secondary N) is 1. The van der Waals surface area contributed by atoms with Crippen LogP contribution in [0.5, 0.6) is 5.75 Å². The molecule has 4 rings (SSSR count). The minimum Gasteiger partial charge on any atom is -0.491 e. The van der Waals surface area contributed by atoms with Crippen molar-refractivity contribution in [2.75, 3.05) is 39.5 Å². The largest absolute Gasteiger partial charge is 0.491 e. The number of benzene rings is 2. The summed E-state index contributed by atoms with van der Waals surface area (Å²) >= 11 is 0. The number of hydrogen-bond donors (Lipinski definition) is 1. The van der Waals surface area contributed by atoms with Crippen LogP contribution in [0.4, 0.5) is 0 Å². The van der Waals surface area contributed by atoms with Crippen LogP contribution in [0.2, 0.25) is 0 Å². The fourth-order valence-electron chi connectivity index (χ4n) is 3.76. The lowest BCUT2D eigenvalue weighted by atomic mass is 10.1. The van der Waals surface area contributed by atoms with E-state index in [0.29, 0.717) is 24.5 Å². The minimum absolute atomic E-state index is 0.102. The zero-order valence-electron chi connectivity index (χ0n) is 17.3. The van der Waals surface area contributed by atoms with Gasteiger partial charge in [0.2, 0.25) is 0 Å². The van der Waals surface area contributed by atoms with Gasteiger partial charge in [0, 0.05) is 38.3 Å². The standard InChI is InChI=1S/C24H30N2O4/c27-24(21-3-1-4-22(15-21)30-18-23-5-2-12-29-23)25-16-19-6-8-20(9-7-19)17-26-10-13-28-14-11-26/h1,3-4,6-9,15,23H,2,5,10-14,16-18H2,(H,25,27). The molecular formula is C24H30N2O4. The molecule has 0 bridgehead atoms. The van der Waals surface area contributed by atoms with Crippen LogP contribution in [0.25, 0.3) is 0 Å². The molecule has 2 heterocycles. The Labute approximate surface area is 178 Å². The minimum atomic E-state index is -0.102. The summed E-state index contributed by atoms with van der Waals surface area (Å²) in [5.74, 6) is 0.598. The topological polar surface area (TPSA) is 60.0 Å². The monoisotopic (exact) mass is 410 g/mol. The summed E-state index contributed by atoms with van der Waals surface area (Å²) in [4.78, 5) is 14.9. The van der Waals surface area contributed by atoms with Crippen LogP contribution in [0.15, 0.2) is 48.5 Å². The summed E-state index contributed by atoms with van der Waals surface area (Å²) in [5.41, 5.74) is 2.96. The number of carbonyl (C=O) groups is 1. The van der Waals surface area contributed by atoms with Gasteiger partial charge in [-0.15, -0.1) is 0 Å². The lowest BCUT2D eigenvalue weighted by molar-refractivity contribution is 0.0342. The van der Waals surface area contributed by atoms with Crippen molar-refractivity contribution in [1.29, 1.82) is 0 Å². The zero-order chi connectivity index (χ0) is 20.6. The van der Waals surface area contributed by atoms with E-state index in [1.807, 2.05) is 12.1 Å². The lowest BCUT2D eigenvalue weighted by Crippen LogP contribution is -2.35. The maximum absolute atomic E-state index is 12.6. The summed E-state index contributed by atoms with van der Waals surface area (Å²) in [7, 11) is 0. The second-order valence-corrected chi connectivity index (χ2v) is 7.86. The van der Waals surface area contributed by atoms with Crippen LogP contribution in [-0.2, 0) is 22.6 Å². The van der Waals surface area contributed by atoms with Crippen molar-refractivity contribution in [1.82, 2.24) is 10.2 Å². The summed E-state index contributed by atoms with van der Waals surface area (Å²) in [6.07, 6.45) is 2.28. The van der Waals surface area contributed by atoms with Crippen LogP contribution < -0.4 is 10.1 Å². The molecule has 30 heavy (non-hydrogen) atoms. The fourth-order valence-corrected chi connectivity index (χ4v) is 3.76. The van der Waals surface area contributed by atoms with Gasteiger partial charge in [0.15, 0.2) is 0 Å². The number of ether oxygens (including phenoxy) is 3. The average molecular weight is 411 g/mol. The molecule has 2 aliphatic heterocycles. The number of carbonyl (C=O) groups excluding carboxylic acids is 1. The van der Waals surface area contributed by atoms with E-state index in [1.54, 1.807) is 12.1 Å². The SMILES string of the molecule is O=C(NCc1ccc(CN2CCOCC2)cc1)c1cccc(OCC2CCCO2)c1. The quantitative estimate of drug-likeness (QED) is 0.725. The van der Waals surface area contributed by atoms with E-state index in [9.17, 15) is 4.79 Å². The average Bonchev–Trinajstić information content (AvgIpc) is 3.32. The number of amides is 1. The van der Waals surface area contributed by atoms with Crippen molar-refractivity contribution >= 4 is 5.91 Å². The molecule has 2 aliphatic rings. The van der Waals surface area contributed by atoms with Crippen molar-refractivity contribution in [3.05, 3.63) is 65.2 Å². The maximum Gasteiger partial charge on any atom is 0.251 e. The van der Waals surface area contributed by atoms with Gasteiger partial charge in [-0.1, -0.05) is 30.3 Å². The van der Waals surface area contributed by atoms with Gasteiger partial charge >= 0.3 is 0 Å². The summed E-state index contributed by atoms with van der Waals surface area (Å²) in [6, 6.07) is 15.7. The Morgan fingerprint density at radius 3 is 2.63 bits per heavy atom. The Balaban J connectivity index is 1.25. The first-order valence-electron chi connectivity index (χ1n) is 10.8. The second-order valence-electron chi connectivity index (χ2n) is 7.86. The van der Waals surface area contributed by atoms with Crippen LogP contribution in [0, 0.1) is 0 Å². The van der Waals surface area contributed by atoms with Gasteiger partial charge in [0.1, 0.15) is 12.4 Å². The van der Waals surface area contributed by atoms with Crippen molar-refractivity contribution in [2.24, 2.45) is 0 Å². The first-order chi connectivity index (χ1) is 14.8. The number of hydrogen-bond acceptors (Lipinski definition) is 5. The second kappa shape index (κ2) is 10.6. The van der Waals surface area contributed by atoms with E-state index in [-0.39, 0.29) is 12.0 Å². The third-order valence-corrected chi connectivity index (χ3v) is 5.54. The molecule has 160 valence electrons. The Kier molecular flexibility index (Phi) is 7.34. The van der Waals surface area contributed by atoms with Gasteiger partial charge in [-0.2, -0.15) is 0 Å². The van der Waals surface area contributed by atoms with Crippen molar-refractivity contribution in [2.45, 2.75) is 32.0 Å². The molecular weight excluding hydrogens is 380 g/mol. The highest BCUT2D eigenvalue weighted by Crippen LogP contribution is 2.17. The molecule has 2 aromatic carbocycles. The summed E-state index contributed by atoms with van der Waals surface area (Å²) < 4.78 is 16.8. The molecule has 2 fully saturated rings. The Morgan fingerprint density at radius 2 is 1.87 bits per heavy atom. The molecule has 2 aromatic rings. The molecule has 6 nitrogen and oxygen atoms in total. The lowest BCUT2D eigenvalue weighted by Gasteiger charge is -2.26.